The summed E-state index contributed by atoms with van der Waals surface area (Å²) in [6.45, 7) is 1.35. The second kappa shape index (κ2) is 8.35. The van der Waals surface area contributed by atoms with E-state index in [9.17, 15) is 31.1 Å². The first-order chi connectivity index (χ1) is 15.9. The topological polar surface area (TPSA) is 55.1 Å². The lowest BCUT2D eigenvalue weighted by atomic mass is 10.0. The maximum Gasteiger partial charge on any atom is 0.416 e. The van der Waals surface area contributed by atoms with Gasteiger partial charge in [0.25, 0.3) is 0 Å². The number of carboxylic acid groups (broad SMARTS) is 1. The summed E-state index contributed by atoms with van der Waals surface area (Å²) in [5, 5.41) is 12.6. The van der Waals surface area contributed by atoms with Gasteiger partial charge >= 0.3 is 12.1 Å². The van der Waals surface area contributed by atoms with Gasteiger partial charge in [0, 0.05) is 16.1 Å². The second-order valence-corrected chi connectivity index (χ2v) is 7.83. The Morgan fingerprint density at radius 3 is 2.35 bits per heavy atom. The van der Waals surface area contributed by atoms with Crippen molar-refractivity contribution in [1.29, 1.82) is 0 Å². The Morgan fingerprint density at radius 1 is 1.03 bits per heavy atom. The van der Waals surface area contributed by atoms with Gasteiger partial charge in [0.05, 0.1) is 28.1 Å². The molecule has 1 atom stereocenters. The minimum Gasteiger partial charge on any atom is -0.478 e. The number of nitrogens with zero attached hydrogens (tertiary/aromatic N) is 2. The van der Waals surface area contributed by atoms with Gasteiger partial charge in [0.15, 0.2) is 0 Å². The van der Waals surface area contributed by atoms with Gasteiger partial charge in [-0.15, -0.1) is 0 Å². The molecule has 4 rings (SSSR count). The molecule has 0 aliphatic rings. The molecule has 0 fully saturated rings. The smallest absolute Gasteiger partial charge is 0.416 e. The van der Waals surface area contributed by atoms with Crippen LogP contribution in [0.1, 0.15) is 34.5 Å². The third-order valence-electron chi connectivity index (χ3n) is 5.37. The SMILES string of the molecule is C[C@@H](c1c(Cl)cccc1C(F)(F)F)n1nc(-c2cc(F)c(C(=O)O)cc2F)c2c(F)cccc21. The number of alkyl halides is 3. The molecule has 0 saturated heterocycles. The van der Waals surface area contributed by atoms with E-state index in [1.807, 2.05) is 0 Å². The zero-order valence-electron chi connectivity index (χ0n) is 17.1. The van der Waals surface area contributed by atoms with Crippen molar-refractivity contribution in [2.75, 3.05) is 0 Å². The average molecular weight is 499 g/mol. The van der Waals surface area contributed by atoms with E-state index in [2.05, 4.69) is 5.10 Å². The van der Waals surface area contributed by atoms with Gasteiger partial charge in [-0.2, -0.15) is 18.3 Å². The van der Waals surface area contributed by atoms with Crippen LogP contribution in [0.25, 0.3) is 22.2 Å². The van der Waals surface area contributed by atoms with Crippen LogP contribution in [-0.4, -0.2) is 20.9 Å². The number of carboxylic acids is 1. The summed E-state index contributed by atoms with van der Waals surface area (Å²) in [5.74, 6) is -5.09. The average Bonchev–Trinajstić information content (AvgIpc) is 3.14. The molecule has 0 aliphatic heterocycles. The van der Waals surface area contributed by atoms with Gasteiger partial charge in [-0.3, -0.25) is 4.68 Å². The number of hydrogen-bond donors (Lipinski definition) is 1. The van der Waals surface area contributed by atoms with Crippen LogP contribution < -0.4 is 0 Å². The van der Waals surface area contributed by atoms with E-state index in [1.54, 1.807) is 0 Å². The third-order valence-corrected chi connectivity index (χ3v) is 5.70. The summed E-state index contributed by atoms with van der Waals surface area (Å²) in [6.07, 6.45) is -4.76. The minimum atomic E-state index is -4.76. The first kappa shape index (κ1) is 23.6. The number of rotatable bonds is 4. The van der Waals surface area contributed by atoms with E-state index in [0.29, 0.717) is 12.1 Å². The minimum absolute atomic E-state index is 0.00216. The lowest BCUT2D eigenvalue weighted by molar-refractivity contribution is -0.138. The van der Waals surface area contributed by atoms with Crippen LogP contribution in [0.15, 0.2) is 48.5 Å². The normalized spacial score (nSPS) is 12.8. The molecule has 34 heavy (non-hydrogen) atoms. The van der Waals surface area contributed by atoms with Crippen molar-refractivity contribution in [3.05, 3.63) is 87.7 Å². The van der Waals surface area contributed by atoms with Crippen molar-refractivity contribution in [2.45, 2.75) is 19.1 Å². The van der Waals surface area contributed by atoms with Crippen LogP contribution >= 0.6 is 11.6 Å². The molecule has 11 heteroatoms. The van der Waals surface area contributed by atoms with Crippen molar-refractivity contribution in [3.8, 4) is 11.3 Å². The van der Waals surface area contributed by atoms with Crippen LogP contribution in [0.2, 0.25) is 5.02 Å². The molecule has 1 heterocycles. The molecule has 0 radical (unpaired) electrons. The van der Waals surface area contributed by atoms with Crippen molar-refractivity contribution in [3.63, 3.8) is 0 Å². The van der Waals surface area contributed by atoms with Crippen molar-refractivity contribution >= 4 is 28.5 Å². The molecular weight excluding hydrogens is 486 g/mol. The van der Waals surface area contributed by atoms with Gasteiger partial charge in [-0.1, -0.05) is 23.7 Å². The lowest BCUT2D eigenvalue weighted by Gasteiger charge is -2.21. The van der Waals surface area contributed by atoms with Crippen molar-refractivity contribution in [2.24, 2.45) is 0 Å². The van der Waals surface area contributed by atoms with E-state index in [1.165, 1.54) is 25.1 Å². The quantitative estimate of drug-likeness (QED) is 0.305. The number of aromatic nitrogens is 2. The summed E-state index contributed by atoms with van der Waals surface area (Å²) in [6, 6.07) is 6.68. The molecule has 4 nitrogen and oxygen atoms in total. The highest BCUT2D eigenvalue weighted by atomic mass is 35.5. The van der Waals surface area contributed by atoms with E-state index < -0.39 is 58.0 Å². The fourth-order valence-corrected chi connectivity index (χ4v) is 4.19. The monoisotopic (exact) mass is 498 g/mol. The molecule has 0 spiro atoms. The van der Waals surface area contributed by atoms with Crippen molar-refractivity contribution in [1.82, 2.24) is 9.78 Å². The Labute approximate surface area is 193 Å². The zero-order chi connectivity index (χ0) is 24.9. The van der Waals surface area contributed by atoms with Gasteiger partial charge < -0.3 is 5.11 Å². The van der Waals surface area contributed by atoms with E-state index >= 15 is 0 Å². The molecule has 0 aliphatic carbocycles. The highest BCUT2D eigenvalue weighted by molar-refractivity contribution is 6.31. The molecule has 0 saturated carbocycles. The summed E-state index contributed by atoms with van der Waals surface area (Å²) in [5.41, 5.74) is -3.28. The van der Waals surface area contributed by atoms with Crippen LogP contribution in [-0.2, 0) is 6.18 Å². The fraction of sp³-hybridized carbons (Fsp3) is 0.130. The van der Waals surface area contributed by atoms with Crippen molar-refractivity contribution < 1.29 is 36.2 Å². The Hall–Kier alpha value is -3.53. The predicted molar refractivity (Wildman–Crippen MR) is 112 cm³/mol. The largest absolute Gasteiger partial charge is 0.478 e. The van der Waals surface area contributed by atoms with E-state index in [4.69, 9.17) is 16.7 Å². The Kier molecular flexibility index (Phi) is 5.80. The first-order valence-electron chi connectivity index (χ1n) is 9.66. The highest BCUT2D eigenvalue weighted by Crippen LogP contribution is 2.41. The molecular formula is C23H13ClF6N2O2. The molecule has 0 amide bonds. The summed E-state index contributed by atoms with van der Waals surface area (Å²) in [7, 11) is 0. The maximum atomic E-state index is 14.8. The Morgan fingerprint density at radius 2 is 1.71 bits per heavy atom. The standard InChI is InChI=1S/C23H13ClF6N2O2/c1-10(19-13(23(28,29)30)4-2-5-14(19)24)32-18-7-3-6-15(25)20(18)21(31-32)11-8-17(27)12(22(33)34)9-16(11)26/h2-10H,1H3,(H,33,34)/t10-/m0/s1. The summed E-state index contributed by atoms with van der Waals surface area (Å²) in [4.78, 5) is 11.1. The van der Waals surface area contributed by atoms with Crippen LogP contribution in [0.5, 0.6) is 0 Å². The molecule has 0 unspecified atom stereocenters. The third kappa shape index (κ3) is 3.87. The summed E-state index contributed by atoms with van der Waals surface area (Å²) < 4.78 is 86.0. The molecule has 0 bridgehead atoms. The maximum absolute atomic E-state index is 14.8. The lowest BCUT2D eigenvalue weighted by Crippen LogP contribution is -2.16. The molecule has 4 aromatic rings. The zero-order valence-corrected chi connectivity index (χ0v) is 17.8. The number of benzene rings is 3. The number of carbonyl (C=O) groups is 1. The van der Waals surface area contributed by atoms with E-state index in [-0.39, 0.29) is 21.5 Å². The van der Waals surface area contributed by atoms with Crippen LogP contribution in [0.4, 0.5) is 26.3 Å². The number of hydrogen-bond acceptors (Lipinski definition) is 2. The van der Waals surface area contributed by atoms with Crippen LogP contribution in [0, 0.1) is 17.5 Å². The number of halogens is 7. The molecule has 1 aromatic heterocycles. The van der Waals surface area contributed by atoms with Gasteiger partial charge in [-0.05, 0) is 43.3 Å². The second-order valence-electron chi connectivity index (χ2n) is 7.42. The van der Waals surface area contributed by atoms with Gasteiger partial charge in [0.1, 0.15) is 23.1 Å². The Bertz CT molecular complexity index is 1450. The molecule has 1 N–H and O–H groups in total. The molecule has 176 valence electrons. The van der Waals surface area contributed by atoms with Crippen LogP contribution in [0.3, 0.4) is 0 Å². The van der Waals surface area contributed by atoms with E-state index in [0.717, 1.165) is 22.9 Å². The fourth-order valence-electron chi connectivity index (χ4n) is 3.86. The number of aromatic carboxylic acids is 1. The van der Waals surface area contributed by atoms with Gasteiger partial charge in [-0.25, -0.2) is 18.0 Å². The Balaban J connectivity index is 2.01. The van der Waals surface area contributed by atoms with Gasteiger partial charge in [0.2, 0.25) is 0 Å². The summed E-state index contributed by atoms with van der Waals surface area (Å²) >= 11 is 6.10. The number of fused-ring (bicyclic) bond motifs is 1. The predicted octanol–water partition coefficient (Wildman–Crippen LogP) is 7.10. The molecule has 3 aromatic carbocycles. The first-order valence-corrected chi connectivity index (χ1v) is 10.0. The highest BCUT2D eigenvalue weighted by Gasteiger charge is 2.36.